The number of nitrogens with zero attached hydrogens (tertiary/aromatic N) is 1. The Morgan fingerprint density at radius 3 is 2.46 bits per heavy atom. The molecular formula is C10H15ClN2. The normalized spacial score (nSPS) is 11.7. The van der Waals surface area contributed by atoms with Crippen LogP contribution in [0.3, 0.4) is 0 Å². The topological polar surface area (TPSA) is 38.9 Å². The van der Waals surface area contributed by atoms with Crippen molar-refractivity contribution in [2.75, 3.05) is 5.73 Å². The number of nitrogens with two attached hydrogens (primary N) is 1. The molecule has 0 saturated heterocycles. The summed E-state index contributed by atoms with van der Waals surface area (Å²) in [6.07, 6.45) is 0.887. The highest BCUT2D eigenvalue weighted by Gasteiger charge is 2.12. The third-order valence-corrected chi connectivity index (χ3v) is 1.79. The minimum atomic E-state index is 0.212. The SMILES string of the molecule is CC(C)(C)Cc1cc(Cl)cc(N)n1. The van der Waals surface area contributed by atoms with Gasteiger partial charge in [0.25, 0.3) is 0 Å². The maximum atomic E-state index is 5.86. The Morgan fingerprint density at radius 2 is 2.00 bits per heavy atom. The van der Waals surface area contributed by atoms with Crippen LogP contribution in [0, 0.1) is 5.41 Å². The van der Waals surface area contributed by atoms with Crippen molar-refractivity contribution in [3.8, 4) is 0 Å². The second-order valence-corrected chi connectivity index (χ2v) is 4.88. The highest BCUT2D eigenvalue weighted by Crippen LogP contribution is 2.22. The molecule has 3 heteroatoms. The van der Waals surface area contributed by atoms with Crippen molar-refractivity contribution in [1.29, 1.82) is 0 Å². The van der Waals surface area contributed by atoms with E-state index in [1.54, 1.807) is 6.07 Å². The van der Waals surface area contributed by atoms with Crippen molar-refractivity contribution in [3.05, 3.63) is 22.8 Å². The van der Waals surface area contributed by atoms with Crippen molar-refractivity contribution in [3.63, 3.8) is 0 Å². The van der Waals surface area contributed by atoms with Gasteiger partial charge >= 0.3 is 0 Å². The molecular weight excluding hydrogens is 184 g/mol. The molecule has 13 heavy (non-hydrogen) atoms. The summed E-state index contributed by atoms with van der Waals surface area (Å²) in [5, 5.41) is 0.659. The Morgan fingerprint density at radius 1 is 1.38 bits per heavy atom. The number of anilines is 1. The fourth-order valence-corrected chi connectivity index (χ4v) is 1.44. The van der Waals surface area contributed by atoms with Gasteiger partial charge in [0.2, 0.25) is 0 Å². The van der Waals surface area contributed by atoms with Crippen LogP contribution in [0.2, 0.25) is 5.02 Å². The lowest BCUT2D eigenvalue weighted by Crippen LogP contribution is -2.11. The quantitative estimate of drug-likeness (QED) is 0.754. The molecule has 72 valence electrons. The molecule has 1 aromatic heterocycles. The van der Waals surface area contributed by atoms with Crippen LogP contribution >= 0.6 is 11.6 Å². The van der Waals surface area contributed by atoms with Crippen LogP contribution in [-0.2, 0) is 6.42 Å². The van der Waals surface area contributed by atoms with E-state index in [4.69, 9.17) is 17.3 Å². The molecule has 2 nitrogen and oxygen atoms in total. The predicted octanol–water partition coefficient (Wildman–Crippen LogP) is 2.91. The Hall–Kier alpha value is -0.760. The second-order valence-electron chi connectivity index (χ2n) is 4.44. The van der Waals surface area contributed by atoms with Crippen LogP contribution < -0.4 is 5.73 Å². The molecule has 0 bridgehead atoms. The highest BCUT2D eigenvalue weighted by atomic mass is 35.5. The molecule has 0 atom stereocenters. The van der Waals surface area contributed by atoms with Crippen molar-refractivity contribution in [1.82, 2.24) is 4.98 Å². The van der Waals surface area contributed by atoms with Crippen molar-refractivity contribution in [2.24, 2.45) is 5.41 Å². The van der Waals surface area contributed by atoms with Crippen LogP contribution in [-0.4, -0.2) is 4.98 Å². The Labute approximate surface area is 84.1 Å². The summed E-state index contributed by atoms with van der Waals surface area (Å²) in [6.45, 7) is 6.48. The number of aromatic nitrogens is 1. The molecule has 0 aliphatic carbocycles. The number of nitrogen functional groups attached to an aromatic ring is 1. The van der Waals surface area contributed by atoms with Gasteiger partial charge in [-0.3, -0.25) is 0 Å². The zero-order valence-corrected chi connectivity index (χ0v) is 9.02. The number of halogens is 1. The average Bonchev–Trinajstić information content (AvgIpc) is 1.78. The van der Waals surface area contributed by atoms with Gasteiger partial charge in [0.15, 0.2) is 0 Å². The maximum Gasteiger partial charge on any atom is 0.125 e. The van der Waals surface area contributed by atoms with E-state index in [2.05, 4.69) is 25.8 Å². The molecule has 0 aliphatic heterocycles. The fraction of sp³-hybridized carbons (Fsp3) is 0.500. The molecule has 1 heterocycles. The summed E-state index contributed by atoms with van der Waals surface area (Å²) in [4.78, 5) is 4.21. The maximum absolute atomic E-state index is 5.86. The zero-order valence-electron chi connectivity index (χ0n) is 8.26. The van der Waals surface area contributed by atoms with Gasteiger partial charge in [0.1, 0.15) is 5.82 Å². The van der Waals surface area contributed by atoms with Crippen molar-refractivity contribution in [2.45, 2.75) is 27.2 Å². The monoisotopic (exact) mass is 198 g/mol. The number of pyridine rings is 1. The molecule has 1 rings (SSSR count). The number of hydrogen-bond donors (Lipinski definition) is 1. The van der Waals surface area contributed by atoms with E-state index >= 15 is 0 Å². The molecule has 1 aromatic rings. The van der Waals surface area contributed by atoms with E-state index in [1.807, 2.05) is 6.07 Å². The minimum Gasteiger partial charge on any atom is -0.384 e. The zero-order chi connectivity index (χ0) is 10.1. The fourth-order valence-electron chi connectivity index (χ4n) is 1.21. The van der Waals surface area contributed by atoms with Gasteiger partial charge in [-0.05, 0) is 24.0 Å². The van der Waals surface area contributed by atoms with Gasteiger partial charge in [-0.1, -0.05) is 32.4 Å². The average molecular weight is 199 g/mol. The summed E-state index contributed by atoms with van der Waals surface area (Å²) < 4.78 is 0. The predicted molar refractivity (Wildman–Crippen MR) is 56.8 cm³/mol. The van der Waals surface area contributed by atoms with E-state index in [-0.39, 0.29) is 5.41 Å². The number of hydrogen-bond acceptors (Lipinski definition) is 2. The Balaban J connectivity index is 2.90. The summed E-state index contributed by atoms with van der Waals surface area (Å²) in [5.74, 6) is 0.492. The third kappa shape index (κ3) is 3.64. The summed E-state index contributed by atoms with van der Waals surface area (Å²) in [5.41, 5.74) is 6.75. The van der Waals surface area contributed by atoms with Gasteiger partial charge in [-0.15, -0.1) is 0 Å². The largest absolute Gasteiger partial charge is 0.384 e. The Bertz CT molecular complexity index is 282. The first-order valence-corrected chi connectivity index (χ1v) is 4.66. The Kier molecular flexibility index (Phi) is 2.81. The molecule has 0 unspecified atom stereocenters. The van der Waals surface area contributed by atoms with E-state index in [1.165, 1.54) is 0 Å². The summed E-state index contributed by atoms with van der Waals surface area (Å²) in [7, 11) is 0. The van der Waals surface area contributed by atoms with Crippen molar-refractivity contribution < 1.29 is 0 Å². The van der Waals surface area contributed by atoms with Gasteiger partial charge in [0, 0.05) is 10.7 Å². The van der Waals surface area contributed by atoms with E-state index < -0.39 is 0 Å². The lowest BCUT2D eigenvalue weighted by Gasteiger charge is -2.17. The lowest BCUT2D eigenvalue weighted by molar-refractivity contribution is 0.406. The van der Waals surface area contributed by atoms with Crippen molar-refractivity contribution >= 4 is 17.4 Å². The first-order chi connectivity index (χ1) is 5.87. The molecule has 0 aliphatic rings. The van der Waals surface area contributed by atoms with Crippen LogP contribution in [0.15, 0.2) is 12.1 Å². The van der Waals surface area contributed by atoms with Crippen LogP contribution in [0.4, 0.5) is 5.82 Å². The van der Waals surface area contributed by atoms with Gasteiger partial charge in [-0.25, -0.2) is 4.98 Å². The molecule has 0 amide bonds. The van der Waals surface area contributed by atoms with E-state index in [9.17, 15) is 0 Å². The molecule has 0 aromatic carbocycles. The molecule has 0 saturated carbocycles. The first-order valence-electron chi connectivity index (χ1n) is 4.29. The smallest absolute Gasteiger partial charge is 0.125 e. The lowest BCUT2D eigenvalue weighted by atomic mass is 9.90. The van der Waals surface area contributed by atoms with Gasteiger partial charge in [-0.2, -0.15) is 0 Å². The molecule has 2 N–H and O–H groups in total. The van der Waals surface area contributed by atoms with Crippen LogP contribution in [0.1, 0.15) is 26.5 Å². The minimum absolute atomic E-state index is 0.212. The summed E-state index contributed by atoms with van der Waals surface area (Å²) in [6, 6.07) is 3.52. The second kappa shape index (κ2) is 3.54. The van der Waals surface area contributed by atoms with E-state index in [0.29, 0.717) is 10.8 Å². The van der Waals surface area contributed by atoms with Crippen LogP contribution in [0.5, 0.6) is 0 Å². The summed E-state index contributed by atoms with van der Waals surface area (Å²) >= 11 is 5.86. The van der Waals surface area contributed by atoms with Gasteiger partial charge in [0.05, 0.1) is 0 Å². The standard InChI is InChI=1S/C10H15ClN2/c1-10(2,3)6-8-4-7(11)5-9(12)13-8/h4-5H,6H2,1-3H3,(H2,12,13). The van der Waals surface area contributed by atoms with E-state index in [0.717, 1.165) is 12.1 Å². The first kappa shape index (κ1) is 10.3. The molecule has 0 radical (unpaired) electrons. The molecule has 0 spiro atoms. The number of rotatable bonds is 1. The third-order valence-electron chi connectivity index (χ3n) is 1.57. The highest BCUT2D eigenvalue weighted by molar-refractivity contribution is 6.30. The van der Waals surface area contributed by atoms with Gasteiger partial charge < -0.3 is 5.73 Å². The molecule has 0 fully saturated rings. The van der Waals surface area contributed by atoms with Crippen LogP contribution in [0.25, 0.3) is 0 Å².